The van der Waals surface area contributed by atoms with E-state index in [0.29, 0.717) is 11.3 Å². The quantitative estimate of drug-likeness (QED) is 0.643. The maximum Gasteiger partial charge on any atom is 0.296 e. The summed E-state index contributed by atoms with van der Waals surface area (Å²) < 4.78 is 0. The standard InChI is InChI=1S/C9H7NO2.C2H6.H2/c1-5-2-3-7-6(4-5)8(11)9(12)10-7;1-2;/h2-4H,1H3,(H,10,11,12);1-2H3;1H. The highest BCUT2D eigenvalue weighted by atomic mass is 16.2. The minimum Gasteiger partial charge on any atom is -0.318 e. The SMILES string of the molecule is CC.Cc1ccc2c(c1)C(=O)C(=O)N2.[HH]. The largest absolute Gasteiger partial charge is 0.318 e. The molecule has 1 N–H and O–H groups in total. The molecule has 14 heavy (non-hydrogen) atoms. The molecular weight excluding hydrogens is 178 g/mol. The number of amides is 1. The Morgan fingerprint density at radius 1 is 1.21 bits per heavy atom. The molecule has 1 aliphatic heterocycles. The minimum absolute atomic E-state index is 0. The molecule has 0 unspecified atom stereocenters. The summed E-state index contributed by atoms with van der Waals surface area (Å²) in [5.41, 5.74) is 2.09. The summed E-state index contributed by atoms with van der Waals surface area (Å²) in [6.07, 6.45) is 0. The lowest BCUT2D eigenvalue weighted by Gasteiger charge is -1.96. The van der Waals surface area contributed by atoms with Crippen molar-refractivity contribution in [2.75, 3.05) is 5.32 Å². The number of nitrogens with one attached hydrogen (secondary N) is 1. The van der Waals surface area contributed by atoms with Gasteiger partial charge in [-0.25, -0.2) is 0 Å². The Hall–Kier alpha value is -1.64. The van der Waals surface area contributed by atoms with E-state index in [2.05, 4.69) is 5.32 Å². The minimum atomic E-state index is -0.532. The number of hydrogen-bond donors (Lipinski definition) is 1. The number of carbonyl (C=O) groups is 2. The first-order valence-electron chi connectivity index (χ1n) is 4.65. The Bertz CT molecular complexity index is 388. The van der Waals surface area contributed by atoms with Crippen molar-refractivity contribution in [2.45, 2.75) is 20.8 Å². The van der Waals surface area contributed by atoms with Crippen molar-refractivity contribution in [3.8, 4) is 0 Å². The number of fused-ring (bicyclic) bond motifs is 1. The number of benzene rings is 1. The molecule has 0 saturated carbocycles. The summed E-state index contributed by atoms with van der Waals surface area (Å²) in [7, 11) is 0. The van der Waals surface area contributed by atoms with Gasteiger partial charge >= 0.3 is 0 Å². The van der Waals surface area contributed by atoms with Gasteiger partial charge in [0.15, 0.2) is 0 Å². The Morgan fingerprint density at radius 3 is 2.50 bits per heavy atom. The van der Waals surface area contributed by atoms with E-state index >= 15 is 0 Å². The van der Waals surface area contributed by atoms with Crippen molar-refractivity contribution in [1.29, 1.82) is 0 Å². The molecule has 0 atom stereocenters. The molecule has 1 aromatic rings. The fourth-order valence-electron chi connectivity index (χ4n) is 1.26. The van der Waals surface area contributed by atoms with Gasteiger partial charge in [0.2, 0.25) is 0 Å². The van der Waals surface area contributed by atoms with Gasteiger partial charge in [0.1, 0.15) is 0 Å². The van der Waals surface area contributed by atoms with Crippen LogP contribution in [-0.4, -0.2) is 11.7 Å². The second kappa shape index (κ2) is 4.05. The molecule has 1 amide bonds. The summed E-state index contributed by atoms with van der Waals surface area (Å²) in [6, 6.07) is 5.32. The van der Waals surface area contributed by atoms with E-state index in [9.17, 15) is 9.59 Å². The number of aryl methyl sites for hydroxylation is 1. The number of ketones is 1. The third kappa shape index (κ3) is 1.66. The van der Waals surface area contributed by atoms with Crippen LogP contribution in [0.2, 0.25) is 0 Å². The number of hydrogen-bond acceptors (Lipinski definition) is 2. The molecule has 1 heterocycles. The molecule has 2 rings (SSSR count). The Balaban J connectivity index is 0.000000617. The molecule has 3 heteroatoms. The molecule has 0 spiro atoms. The third-order valence-corrected chi connectivity index (χ3v) is 1.87. The predicted octanol–water partition coefficient (Wildman–Crippen LogP) is 2.40. The van der Waals surface area contributed by atoms with Crippen molar-refractivity contribution in [1.82, 2.24) is 0 Å². The van der Waals surface area contributed by atoms with E-state index in [1.54, 1.807) is 12.1 Å². The molecule has 0 aromatic heterocycles. The Labute approximate surface area is 84.6 Å². The molecule has 1 aliphatic rings. The molecule has 76 valence electrons. The van der Waals surface area contributed by atoms with Gasteiger partial charge in [0.25, 0.3) is 11.7 Å². The Kier molecular flexibility index (Phi) is 3.02. The van der Waals surface area contributed by atoms with E-state index in [4.69, 9.17) is 0 Å². The smallest absolute Gasteiger partial charge is 0.296 e. The zero-order valence-corrected chi connectivity index (χ0v) is 8.55. The normalized spacial score (nSPS) is 12.8. The second-order valence-corrected chi connectivity index (χ2v) is 2.83. The first kappa shape index (κ1) is 10.4. The zero-order chi connectivity index (χ0) is 10.7. The number of carbonyl (C=O) groups excluding carboxylic acids is 2. The van der Waals surface area contributed by atoms with Gasteiger partial charge in [-0.15, -0.1) is 0 Å². The molecule has 0 fully saturated rings. The van der Waals surface area contributed by atoms with E-state index < -0.39 is 11.7 Å². The number of rotatable bonds is 0. The zero-order valence-electron chi connectivity index (χ0n) is 8.55. The van der Waals surface area contributed by atoms with E-state index in [0.717, 1.165) is 5.56 Å². The number of anilines is 1. The van der Waals surface area contributed by atoms with E-state index in [-0.39, 0.29) is 1.43 Å². The topological polar surface area (TPSA) is 46.2 Å². The van der Waals surface area contributed by atoms with Crippen molar-refractivity contribution in [3.63, 3.8) is 0 Å². The first-order chi connectivity index (χ1) is 6.68. The highest BCUT2D eigenvalue weighted by molar-refractivity contribution is 6.51. The maximum absolute atomic E-state index is 11.1. The fraction of sp³-hybridized carbons (Fsp3) is 0.273. The van der Waals surface area contributed by atoms with Gasteiger partial charge in [-0.2, -0.15) is 0 Å². The monoisotopic (exact) mass is 193 g/mol. The first-order valence-corrected chi connectivity index (χ1v) is 4.65. The van der Waals surface area contributed by atoms with E-state index in [1.165, 1.54) is 0 Å². The molecule has 3 nitrogen and oxygen atoms in total. The maximum atomic E-state index is 11.1. The molecule has 0 bridgehead atoms. The lowest BCUT2D eigenvalue weighted by molar-refractivity contribution is -0.112. The van der Waals surface area contributed by atoms with Crippen molar-refractivity contribution in [3.05, 3.63) is 29.3 Å². The average molecular weight is 193 g/mol. The van der Waals surface area contributed by atoms with Crippen LogP contribution in [0.3, 0.4) is 0 Å². The predicted molar refractivity (Wildman–Crippen MR) is 57.6 cm³/mol. The van der Waals surface area contributed by atoms with Crippen LogP contribution in [0.5, 0.6) is 0 Å². The van der Waals surface area contributed by atoms with E-state index in [1.807, 2.05) is 26.8 Å². The van der Waals surface area contributed by atoms with Gasteiger partial charge < -0.3 is 5.32 Å². The third-order valence-electron chi connectivity index (χ3n) is 1.87. The van der Waals surface area contributed by atoms with Gasteiger partial charge in [-0.05, 0) is 19.1 Å². The lowest BCUT2D eigenvalue weighted by atomic mass is 10.1. The molecular formula is C11H15NO2. The highest BCUT2D eigenvalue weighted by Gasteiger charge is 2.27. The van der Waals surface area contributed by atoms with Crippen LogP contribution in [0, 0.1) is 6.92 Å². The summed E-state index contributed by atoms with van der Waals surface area (Å²) >= 11 is 0. The lowest BCUT2D eigenvalue weighted by Crippen LogP contribution is -2.12. The molecule has 0 aliphatic carbocycles. The van der Waals surface area contributed by atoms with Gasteiger partial charge in [0.05, 0.1) is 11.3 Å². The summed E-state index contributed by atoms with van der Waals surface area (Å²) in [5, 5.41) is 2.49. The Morgan fingerprint density at radius 2 is 1.86 bits per heavy atom. The summed E-state index contributed by atoms with van der Waals surface area (Å²) in [6.45, 7) is 5.89. The summed E-state index contributed by atoms with van der Waals surface area (Å²) in [4.78, 5) is 22.0. The van der Waals surface area contributed by atoms with Crippen molar-refractivity contribution < 1.29 is 11.0 Å². The fourth-order valence-corrected chi connectivity index (χ4v) is 1.26. The van der Waals surface area contributed by atoms with Gasteiger partial charge in [-0.1, -0.05) is 25.5 Å². The molecule has 0 saturated heterocycles. The average Bonchev–Trinajstić information content (AvgIpc) is 2.48. The van der Waals surface area contributed by atoms with Crippen LogP contribution < -0.4 is 5.32 Å². The van der Waals surface area contributed by atoms with Crippen LogP contribution in [0.25, 0.3) is 0 Å². The second-order valence-electron chi connectivity index (χ2n) is 2.83. The van der Waals surface area contributed by atoms with Crippen LogP contribution in [-0.2, 0) is 4.79 Å². The number of Topliss-reactive ketones (excluding diaryl/α,β-unsaturated/α-hetero) is 1. The van der Waals surface area contributed by atoms with Crippen LogP contribution in [0.15, 0.2) is 18.2 Å². The van der Waals surface area contributed by atoms with Gasteiger partial charge in [-0.3, -0.25) is 9.59 Å². The molecule has 1 aromatic carbocycles. The van der Waals surface area contributed by atoms with Crippen molar-refractivity contribution >= 4 is 17.4 Å². The van der Waals surface area contributed by atoms with Crippen LogP contribution >= 0.6 is 0 Å². The highest BCUT2D eigenvalue weighted by Crippen LogP contribution is 2.23. The van der Waals surface area contributed by atoms with Gasteiger partial charge in [0, 0.05) is 1.43 Å². The van der Waals surface area contributed by atoms with Crippen LogP contribution in [0.1, 0.15) is 31.2 Å². The summed E-state index contributed by atoms with van der Waals surface area (Å²) in [5.74, 6) is -0.968. The van der Waals surface area contributed by atoms with Crippen molar-refractivity contribution in [2.24, 2.45) is 0 Å². The van der Waals surface area contributed by atoms with Crippen LogP contribution in [0.4, 0.5) is 5.69 Å². The molecule has 0 radical (unpaired) electrons.